The molecule has 0 fully saturated rings. The van der Waals surface area contributed by atoms with Gasteiger partial charge in [0.25, 0.3) is 5.91 Å². The summed E-state index contributed by atoms with van der Waals surface area (Å²) in [4.78, 5) is 12.0. The summed E-state index contributed by atoms with van der Waals surface area (Å²) in [6.07, 6.45) is 0. The van der Waals surface area contributed by atoms with Crippen molar-refractivity contribution < 1.29 is 9.53 Å². The van der Waals surface area contributed by atoms with Gasteiger partial charge in [0, 0.05) is 23.5 Å². The molecule has 0 aliphatic heterocycles. The zero-order chi connectivity index (χ0) is 18.0. The zero-order valence-electron chi connectivity index (χ0n) is 14.3. The lowest BCUT2D eigenvalue weighted by Crippen LogP contribution is -2.23. The fraction of sp³-hybridized carbons (Fsp3) is 0.0952. The average Bonchev–Trinajstić information content (AvgIpc) is 2.69. The molecule has 0 aliphatic carbocycles. The normalized spacial score (nSPS) is 10.2. The van der Waals surface area contributed by atoms with Gasteiger partial charge in [0.05, 0.1) is 0 Å². The number of carbonyl (C=O) groups excluding carboxylic acids is 1. The zero-order valence-corrected chi connectivity index (χ0v) is 14.3. The van der Waals surface area contributed by atoms with E-state index in [0.717, 1.165) is 16.9 Å². The summed E-state index contributed by atoms with van der Waals surface area (Å²) in [5, 5.41) is 2.80. The molecule has 0 aliphatic rings. The summed E-state index contributed by atoms with van der Waals surface area (Å²) in [5.41, 5.74) is 8.98. The molecule has 3 N–H and O–H groups in total. The summed E-state index contributed by atoms with van der Waals surface area (Å²) in [7, 11) is 0. The Morgan fingerprint density at radius 1 is 0.769 bits per heavy atom. The van der Waals surface area contributed by atoms with Crippen LogP contribution in [-0.4, -0.2) is 12.5 Å². The molecule has 0 saturated heterocycles. The molecule has 0 atom stereocenters. The van der Waals surface area contributed by atoms with Crippen molar-refractivity contribution in [1.29, 1.82) is 0 Å². The standard InChI is InChI=1S/C21H21N3O2/c25-21(23-18-10-3-1-4-11-18)16-26-20-14-8-7-9-17(20)15-22-24-19-12-5-2-6-13-19/h1-14,22,24H,15-16H2,(H,23,25). The Balaban J connectivity index is 1.51. The van der Waals surface area contributed by atoms with Gasteiger partial charge in [-0.1, -0.05) is 54.6 Å². The van der Waals surface area contributed by atoms with Crippen molar-refractivity contribution in [1.82, 2.24) is 5.43 Å². The second-order valence-corrected chi connectivity index (χ2v) is 5.66. The number of ether oxygens (including phenoxy) is 1. The Labute approximate surface area is 153 Å². The fourth-order valence-corrected chi connectivity index (χ4v) is 2.42. The Bertz CT molecular complexity index is 823. The molecule has 0 bridgehead atoms. The molecule has 26 heavy (non-hydrogen) atoms. The Morgan fingerprint density at radius 3 is 2.12 bits per heavy atom. The second-order valence-electron chi connectivity index (χ2n) is 5.66. The minimum Gasteiger partial charge on any atom is -0.483 e. The van der Waals surface area contributed by atoms with E-state index in [1.807, 2.05) is 84.9 Å². The van der Waals surface area contributed by atoms with Gasteiger partial charge in [-0.15, -0.1) is 0 Å². The van der Waals surface area contributed by atoms with Gasteiger partial charge in [-0.25, -0.2) is 5.43 Å². The third-order valence-corrected chi connectivity index (χ3v) is 3.67. The van der Waals surface area contributed by atoms with Gasteiger partial charge in [-0.2, -0.15) is 0 Å². The first-order chi connectivity index (χ1) is 12.8. The molecule has 0 saturated carbocycles. The number of hydrogen-bond donors (Lipinski definition) is 3. The van der Waals surface area contributed by atoms with Gasteiger partial charge in [-0.05, 0) is 30.3 Å². The molecular formula is C21H21N3O2. The molecule has 0 spiro atoms. The van der Waals surface area contributed by atoms with Crippen molar-refractivity contribution in [2.45, 2.75) is 6.54 Å². The maximum atomic E-state index is 12.0. The largest absolute Gasteiger partial charge is 0.483 e. The molecule has 0 aromatic heterocycles. The minimum absolute atomic E-state index is 0.0436. The van der Waals surface area contributed by atoms with E-state index < -0.39 is 0 Å². The lowest BCUT2D eigenvalue weighted by Gasteiger charge is -2.13. The van der Waals surface area contributed by atoms with Crippen LogP contribution in [0, 0.1) is 0 Å². The highest BCUT2D eigenvalue weighted by Gasteiger charge is 2.07. The molecule has 1 amide bonds. The van der Waals surface area contributed by atoms with Crippen molar-refractivity contribution >= 4 is 17.3 Å². The number of hydrazine groups is 1. The summed E-state index contributed by atoms with van der Waals surface area (Å²) in [5.74, 6) is 0.486. The lowest BCUT2D eigenvalue weighted by atomic mass is 10.2. The third kappa shape index (κ3) is 5.36. The maximum Gasteiger partial charge on any atom is 0.262 e. The van der Waals surface area contributed by atoms with Crippen LogP contribution in [-0.2, 0) is 11.3 Å². The van der Waals surface area contributed by atoms with Crippen LogP contribution in [0.25, 0.3) is 0 Å². The van der Waals surface area contributed by atoms with Gasteiger partial charge in [0.1, 0.15) is 5.75 Å². The van der Waals surface area contributed by atoms with E-state index in [2.05, 4.69) is 16.2 Å². The number of carbonyl (C=O) groups is 1. The van der Waals surface area contributed by atoms with Crippen molar-refractivity contribution in [2.24, 2.45) is 0 Å². The molecule has 5 heteroatoms. The number of nitrogens with one attached hydrogen (secondary N) is 3. The molecule has 3 aromatic carbocycles. The summed E-state index contributed by atoms with van der Waals surface area (Å²) in [6.45, 7) is 0.517. The van der Waals surface area contributed by atoms with Crippen LogP contribution >= 0.6 is 0 Å². The number of anilines is 2. The lowest BCUT2D eigenvalue weighted by molar-refractivity contribution is -0.118. The average molecular weight is 347 g/mol. The van der Waals surface area contributed by atoms with E-state index in [9.17, 15) is 4.79 Å². The molecular weight excluding hydrogens is 326 g/mol. The number of amides is 1. The number of benzene rings is 3. The monoisotopic (exact) mass is 347 g/mol. The van der Waals surface area contributed by atoms with Gasteiger partial charge < -0.3 is 15.5 Å². The molecule has 0 radical (unpaired) electrons. The Kier molecular flexibility index (Phi) is 6.23. The predicted molar refractivity (Wildman–Crippen MR) is 104 cm³/mol. The highest BCUT2D eigenvalue weighted by atomic mass is 16.5. The van der Waals surface area contributed by atoms with E-state index in [1.54, 1.807) is 0 Å². The minimum atomic E-state index is -0.193. The van der Waals surface area contributed by atoms with Gasteiger partial charge in [0.2, 0.25) is 0 Å². The van der Waals surface area contributed by atoms with Crippen LogP contribution in [0.1, 0.15) is 5.56 Å². The van der Waals surface area contributed by atoms with E-state index >= 15 is 0 Å². The van der Waals surface area contributed by atoms with Crippen molar-refractivity contribution in [3.63, 3.8) is 0 Å². The first-order valence-corrected chi connectivity index (χ1v) is 8.41. The smallest absolute Gasteiger partial charge is 0.262 e. The summed E-state index contributed by atoms with van der Waals surface area (Å²) >= 11 is 0. The number of rotatable bonds is 8. The predicted octanol–water partition coefficient (Wildman–Crippen LogP) is 3.82. The van der Waals surface area contributed by atoms with Crippen LogP contribution < -0.4 is 20.9 Å². The SMILES string of the molecule is O=C(COc1ccccc1CNNc1ccccc1)Nc1ccccc1. The van der Waals surface area contributed by atoms with Gasteiger partial charge in [0.15, 0.2) is 6.61 Å². The van der Waals surface area contributed by atoms with Crippen LogP contribution in [0.4, 0.5) is 11.4 Å². The van der Waals surface area contributed by atoms with Crippen molar-refractivity contribution in [3.8, 4) is 5.75 Å². The van der Waals surface area contributed by atoms with Crippen molar-refractivity contribution in [3.05, 3.63) is 90.5 Å². The van der Waals surface area contributed by atoms with Crippen LogP contribution in [0.15, 0.2) is 84.9 Å². The molecule has 3 aromatic rings. The molecule has 0 unspecified atom stereocenters. The second kappa shape index (κ2) is 9.25. The summed E-state index contributed by atoms with van der Waals surface area (Å²) < 4.78 is 5.69. The molecule has 132 valence electrons. The fourth-order valence-electron chi connectivity index (χ4n) is 2.42. The highest BCUT2D eigenvalue weighted by molar-refractivity contribution is 5.91. The van der Waals surface area contributed by atoms with Gasteiger partial charge >= 0.3 is 0 Å². The molecule has 5 nitrogen and oxygen atoms in total. The van der Waals surface area contributed by atoms with E-state index in [0.29, 0.717) is 12.3 Å². The third-order valence-electron chi connectivity index (χ3n) is 3.67. The van der Waals surface area contributed by atoms with E-state index in [4.69, 9.17) is 4.74 Å². The van der Waals surface area contributed by atoms with Crippen LogP contribution in [0.5, 0.6) is 5.75 Å². The van der Waals surface area contributed by atoms with Crippen LogP contribution in [0.2, 0.25) is 0 Å². The molecule has 0 heterocycles. The quantitative estimate of drug-likeness (QED) is 0.542. The Morgan fingerprint density at radius 2 is 1.38 bits per heavy atom. The Hall–Kier alpha value is -3.31. The van der Waals surface area contributed by atoms with Gasteiger partial charge in [-0.3, -0.25) is 4.79 Å². The first kappa shape index (κ1) is 17.5. The topological polar surface area (TPSA) is 62.4 Å². The van der Waals surface area contributed by atoms with Crippen LogP contribution in [0.3, 0.4) is 0 Å². The highest BCUT2D eigenvalue weighted by Crippen LogP contribution is 2.18. The summed E-state index contributed by atoms with van der Waals surface area (Å²) in [6, 6.07) is 26.8. The van der Waals surface area contributed by atoms with Crippen molar-refractivity contribution in [2.75, 3.05) is 17.3 Å². The number of hydrogen-bond acceptors (Lipinski definition) is 4. The first-order valence-electron chi connectivity index (χ1n) is 8.41. The number of para-hydroxylation sites is 3. The van der Waals surface area contributed by atoms with E-state index in [-0.39, 0.29) is 12.5 Å². The maximum absolute atomic E-state index is 12.0. The van der Waals surface area contributed by atoms with E-state index in [1.165, 1.54) is 0 Å². The molecule has 3 rings (SSSR count).